The van der Waals surface area contributed by atoms with Gasteiger partial charge in [0.25, 0.3) is 5.91 Å². The highest BCUT2D eigenvalue weighted by atomic mass is 127. The van der Waals surface area contributed by atoms with Gasteiger partial charge in [-0.05, 0) is 64.9 Å². The average Bonchev–Trinajstić information content (AvgIpc) is 2.48. The van der Waals surface area contributed by atoms with Crippen LogP contribution in [0.1, 0.15) is 11.1 Å². The number of halogens is 1. The van der Waals surface area contributed by atoms with Gasteiger partial charge in [0.2, 0.25) is 0 Å². The largest absolute Gasteiger partial charge is 0.482 e. The van der Waals surface area contributed by atoms with E-state index in [1.54, 1.807) is 0 Å². The van der Waals surface area contributed by atoms with Crippen LogP contribution >= 0.6 is 22.6 Å². The third kappa shape index (κ3) is 3.29. The van der Waals surface area contributed by atoms with Crippen molar-refractivity contribution in [2.24, 2.45) is 0 Å². The second kappa shape index (κ2) is 5.93. The van der Waals surface area contributed by atoms with E-state index in [1.165, 1.54) is 9.13 Å². The van der Waals surface area contributed by atoms with Crippen molar-refractivity contribution in [3.05, 3.63) is 51.1 Å². The van der Waals surface area contributed by atoms with Crippen LogP contribution in [0.25, 0.3) is 0 Å². The Balaban J connectivity index is 1.72. The van der Waals surface area contributed by atoms with Gasteiger partial charge in [0, 0.05) is 15.8 Å². The van der Waals surface area contributed by atoms with Gasteiger partial charge in [-0.25, -0.2) is 0 Å². The lowest BCUT2D eigenvalue weighted by Crippen LogP contribution is -2.25. The number of aryl methyl sites for hydroxylation is 1. The van der Waals surface area contributed by atoms with E-state index in [2.05, 4.69) is 58.3 Å². The molecule has 4 nitrogen and oxygen atoms in total. The monoisotopic (exact) mass is 394 g/mol. The van der Waals surface area contributed by atoms with Gasteiger partial charge in [0.15, 0.2) is 6.61 Å². The van der Waals surface area contributed by atoms with E-state index in [1.807, 2.05) is 18.2 Å². The van der Waals surface area contributed by atoms with E-state index in [4.69, 9.17) is 4.74 Å². The molecule has 0 saturated carbocycles. The summed E-state index contributed by atoms with van der Waals surface area (Å²) < 4.78 is 6.59. The van der Waals surface area contributed by atoms with Crippen molar-refractivity contribution in [1.29, 1.82) is 0 Å². The standard InChI is InChI=1S/C16H15IN2O2/c1-10-2-4-12(7-13(10)17)18-8-11-3-5-15-14(6-11)19-16(20)9-21-15/h2-7,18H,8-9H2,1H3,(H,19,20). The van der Waals surface area contributed by atoms with E-state index >= 15 is 0 Å². The minimum atomic E-state index is -0.110. The number of hydrogen-bond donors (Lipinski definition) is 2. The van der Waals surface area contributed by atoms with Crippen molar-refractivity contribution < 1.29 is 9.53 Å². The average molecular weight is 394 g/mol. The Morgan fingerprint density at radius 1 is 1.29 bits per heavy atom. The maximum Gasteiger partial charge on any atom is 0.262 e. The molecule has 21 heavy (non-hydrogen) atoms. The number of rotatable bonds is 3. The summed E-state index contributed by atoms with van der Waals surface area (Å²) in [5, 5.41) is 6.21. The number of nitrogens with one attached hydrogen (secondary N) is 2. The number of benzene rings is 2. The van der Waals surface area contributed by atoms with Crippen LogP contribution in [0.4, 0.5) is 11.4 Å². The summed E-state index contributed by atoms with van der Waals surface area (Å²) >= 11 is 2.33. The number of anilines is 2. The van der Waals surface area contributed by atoms with Crippen molar-refractivity contribution in [2.75, 3.05) is 17.2 Å². The maximum absolute atomic E-state index is 11.3. The minimum Gasteiger partial charge on any atom is -0.482 e. The quantitative estimate of drug-likeness (QED) is 0.784. The molecule has 0 aliphatic carbocycles. The zero-order valence-corrected chi connectivity index (χ0v) is 13.7. The Morgan fingerprint density at radius 3 is 2.95 bits per heavy atom. The maximum atomic E-state index is 11.3. The summed E-state index contributed by atoms with van der Waals surface area (Å²) in [5.74, 6) is 0.615. The fraction of sp³-hybridized carbons (Fsp3) is 0.188. The summed E-state index contributed by atoms with van der Waals surface area (Å²) in [6.07, 6.45) is 0. The molecule has 1 aliphatic rings. The third-order valence-electron chi connectivity index (χ3n) is 3.35. The van der Waals surface area contributed by atoms with Gasteiger partial charge in [0.05, 0.1) is 5.69 Å². The van der Waals surface area contributed by atoms with Crippen LogP contribution in [0.5, 0.6) is 5.75 Å². The Labute approximate surface area is 137 Å². The highest BCUT2D eigenvalue weighted by Gasteiger charge is 2.15. The molecule has 0 aromatic heterocycles. The molecule has 0 spiro atoms. The Morgan fingerprint density at radius 2 is 2.14 bits per heavy atom. The molecule has 2 N–H and O–H groups in total. The number of fused-ring (bicyclic) bond motifs is 1. The predicted molar refractivity (Wildman–Crippen MR) is 91.8 cm³/mol. The Hall–Kier alpha value is -1.76. The molecule has 0 saturated heterocycles. The van der Waals surface area contributed by atoms with Crippen LogP contribution in [-0.4, -0.2) is 12.5 Å². The lowest BCUT2D eigenvalue weighted by Gasteiger charge is -2.18. The molecule has 1 aliphatic heterocycles. The first-order valence-corrected chi connectivity index (χ1v) is 7.75. The first-order valence-electron chi connectivity index (χ1n) is 6.67. The molecule has 2 aromatic rings. The molecule has 1 amide bonds. The van der Waals surface area contributed by atoms with Gasteiger partial charge in [-0.1, -0.05) is 12.1 Å². The highest BCUT2D eigenvalue weighted by Crippen LogP contribution is 2.28. The molecular formula is C16H15IN2O2. The smallest absolute Gasteiger partial charge is 0.262 e. The Bertz CT molecular complexity index is 701. The molecule has 0 bridgehead atoms. The molecule has 0 fully saturated rings. The van der Waals surface area contributed by atoms with Crippen LogP contribution in [-0.2, 0) is 11.3 Å². The molecule has 2 aromatic carbocycles. The van der Waals surface area contributed by atoms with E-state index in [0.29, 0.717) is 6.54 Å². The van der Waals surface area contributed by atoms with Crippen molar-refractivity contribution >= 4 is 39.9 Å². The molecule has 3 rings (SSSR count). The van der Waals surface area contributed by atoms with Gasteiger partial charge in [-0.15, -0.1) is 0 Å². The van der Waals surface area contributed by atoms with Crippen molar-refractivity contribution in [2.45, 2.75) is 13.5 Å². The summed E-state index contributed by atoms with van der Waals surface area (Å²) in [7, 11) is 0. The van der Waals surface area contributed by atoms with Gasteiger partial charge in [-0.2, -0.15) is 0 Å². The van der Waals surface area contributed by atoms with Crippen molar-refractivity contribution in [3.63, 3.8) is 0 Å². The topological polar surface area (TPSA) is 50.4 Å². The van der Waals surface area contributed by atoms with Crippen LogP contribution in [0.2, 0.25) is 0 Å². The summed E-state index contributed by atoms with van der Waals surface area (Å²) in [6.45, 7) is 2.88. The van der Waals surface area contributed by atoms with Crippen molar-refractivity contribution in [1.82, 2.24) is 0 Å². The lowest BCUT2D eigenvalue weighted by molar-refractivity contribution is -0.118. The van der Waals surface area contributed by atoms with Gasteiger partial charge < -0.3 is 15.4 Å². The number of hydrogen-bond acceptors (Lipinski definition) is 3. The van der Waals surface area contributed by atoms with Gasteiger partial charge >= 0.3 is 0 Å². The Kier molecular flexibility index (Phi) is 4.01. The minimum absolute atomic E-state index is 0.0897. The van der Waals surface area contributed by atoms with Crippen LogP contribution < -0.4 is 15.4 Å². The van der Waals surface area contributed by atoms with Gasteiger partial charge in [0.1, 0.15) is 5.75 Å². The zero-order valence-electron chi connectivity index (χ0n) is 11.6. The van der Waals surface area contributed by atoms with E-state index in [0.717, 1.165) is 22.7 Å². The fourth-order valence-corrected chi connectivity index (χ4v) is 2.66. The fourth-order valence-electron chi connectivity index (χ4n) is 2.15. The third-order valence-corrected chi connectivity index (χ3v) is 4.51. The summed E-state index contributed by atoms with van der Waals surface area (Å²) in [4.78, 5) is 11.3. The highest BCUT2D eigenvalue weighted by molar-refractivity contribution is 14.1. The number of ether oxygens (including phenoxy) is 1. The molecule has 1 heterocycles. The first kappa shape index (κ1) is 14.2. The molecule has 0 atom stereocenters. The second-order valence-corrected chi connectivity index (χ2v) is 6.15. The van der Waals surface area contributed by atoms with Crippen molar-refractivity contribution in [3.8, 4) is 5.75 Å². The second-order valence-electron chi connectivity index (χ2n) is 4.98. The number of carbonyl (C=O) groups excluding carboxylic acids is 1. The SMILES string of the molecule is Cc1ccc(NCc2ccc3c(c2)NC(=O)CO3)cc1I. The molecule has 0 unspecified atom stereocenters. The van der Waals surface area contributed by atoms with Gasteiger partial charge in [-0.3, -0.25) is 4.79 Å². The normalized spacial score (nSPS) is 13.1. The van der Waals surface area contributed by atoms with Crippen LogP contribution in [0.15, 0.2) is 36.4 Å². The summed E-state index contributed by atoms with van der Waals surface area (Å²) in [5.41, 5.74) is 4.19. The number of carbonyl (C=O) groups is 1. The lowest BCUT2D eigenvalue weighted by atomic mass is 10.1. The van der Waals surface area contributed by atoms with Crippen LogP contribution in [0.3, 0.4) is 0 Å². The predicted octanol–water partition coefficient (Wildman–Crippen LogP) is 3.54. The first-order chi connectivity index (χ1) is 10.1. The number of amides is 1. The molecule has 0 radical (unpaired) electrons. The molecule has 5 heteroatoms. The zero-order chi connectivity index (χ0) is 14.8. The van der Waals surface area contributed by atoms with Crippen LogP contribution in [0, 0.1) is 10.5 Å². The van der Waals surface area contributed by atoms with E-state index < -0.39 is 0 Å². The van der Waals surface area contributed by atoms with E-state index in [9.17, 15) is 4.79 Å². The van der Waals surface area contributed by atoms with E-state index in [-0.39, 0.29) is 12.5 Å². The summed E-state index contributed by atoms with van der Waals surface area (Å²) in [6, 6.07) is 12.1. The molecular weight excluding hydrogens is 379 g/mol. The molecule has 108 valence electrons.